The molecule has 0 saturated heterocycles. The third-order valence-electron chi connectivity index (χ3n) is 2.51. The summed E-state index contributed by atoms with van der Waals surface area (Å²) in [5.41, 5.74) is 7.42. The maximum Gasteiger partial charge on any atom is 0.200 e. The van der Waals surface area contributed by atoms with E-state index >= 15 is 0 Å². The van der Waals surface area contributed by atoms with Gasteiger partial charge in [-0.2, -0.15) is 0 Å². The summed E-state index contributed by atoms with van der Waals surface area (Å²) in [4.78, 5) is 3.96. The Morgan fingerprint density at radius 3 is 2.32 bits per heavy atom. The highest BCUT2D eigenvalue weighted by molar-refractivity contribution is 5.57. The summed E-state index contributed by atoms with van der Waals surface area (Å²) < 4.78 is 3.50. The van der Waals surface area contributed by atoms with E-state index in [1.807, 2.05) is 72.9 Å². The molecular formula is C19H34N6. The third kappa shape index (κ3) is 8.69. The molecule has 0 radical (unpaired) electrons. The van der Waals surface area contributed by atoms with Crippen molar-refractivity contribution in [3.05, 3.63) is 55.2 Å². The van der Waals surface area contributed by atoms with Crippen LogP contribution < -0.4 is 5.73 Å². The van der Waals surface area contributed by atoms with Crippen LogP contribution in [0.25, 0.3) is 5.70 Å². The summed E-state index contributed by atoms with van der Waals surface area (Å²) in [5.74, 6) is 0.463. The maximum absolute atomic E-state index is 5.71. The average Bonchev–Trinajstić information content (AvgIpc) is 3.30. The van der Waals surface area contributed by atoms with Crippen LogP contribution in [0.1, 0.15) is 54.2 Å². The number of nitrogens with two attached hydrogens (primary N) is 1. The van der Waals surface area contributed by atoms with Gasteiger partial charge in [-0.25, -0.2) is 9.67 Å². The molecule has 0 aliphatic carbocycles. The number of imidazole rings is 1. The van der Waals surface area contributed by atoms with Gasteiger partial charge in [-0.15, -0.1) is 5.10 Å². The van der Waals surface area contributed by atoms with Crippen LogP contribution in [0.3, 0.4) is 0 Å². The predicted octanol–water partition coefficient (Wildman–Crippen LogP) is 4.79. The van der Waals surface area contributed by atoms with Crippen molar-refractivity contribution in [3.8, 4) is 0 Å². The number of hydrogen-bond donors (Lipinski definition) is 1. The number of nitrogens with zero attached hydrogens (tertiary/aromatic N) is 5. The Kier molecular flexibility index (Phi) is 16.0. The SMILES string of the molecule is C=C/C=C(\C=C/C)n1cc(Cn2ccnc2N)nn1.CC.CC.CC. The van der Waals surface area contributed by atoms with Crippen molar-refractivity contribution < 1.29 is 0 Å². The Bertz CT molecular complexity index is 619. The van der Waals surface area contributed by atoms with Gasteiger partial charge in [0.1, 0.15) is 5.69 Å². The van der Waals surface area contributed by atoms with Gasteiger partial charge >= 0.3 is 0 Å². The van der Waals surface area contributed by atoms with Gasteiger partial charge in [0.05, 0.1) is 18.4 Å². The van der Waals surface area contributed by atoms with Gasteiger partial charge in [-0.3, -0.25) is 0 Å². The molecule has 6 heteroatoms. The number of allylic oxidation sites excluding steroid dienone is 5. The van der Waals surface area contributed by atoms with E-state index in [0.29, 0.717) is 12.5 Å². The molecule has 0 atom stereocenters. The molecule has 0 aromatic carbocycles. The van der Waals surface area contributed by atoms with Crippen molar-refractivity contribution in [1.29, 1.82) is 0 Å². The molecule has 25 heavy (non-hydrogen) atoms. The zero-order valence-electron chi connectivity index (χ0n) is 16.8. The molecule has 0 spiro atoms. The van der Waals surface area contributed by atoms with Crippen LogP contribution >= 0.6 is 0 Å². The van der Waals surface area contributed by atoms with Gasteiger partial charge in [0.2, 0.25) is 0 Å². The monoisotopic (exact) mass is 346 g/mol. The van der Waals surface area contributed by atoms with Crippen LogP contribution in [-0.2, 0) is 6.54 Å². The van der Waals surface area contributed by atoms with E-state index in [2.05, 4.69) is 21.9 Å². The molecule has 0 amide bonds. The Hall–Kier alpha value is -2.63. The fourth-order valence-electron chi connectivity index (χ4n) is 1.65. The highest BCUT2D eigenvalue weighted by Gasteiger charge is 2.05. The number of aromatic nitrogens is 5. The van der Waals surface area contributed by atoms with E-state index in [1.165, 1.54) is 0 Å². The van der Waals surface area contributed by atoms with Crippen LogP contribution in [0.5, 0.6) is 0 Å². The zero-order valence-corrected chi connectivity index (χ0v) is 16.8. The van der Waals surface area contributed by atoms with Crippen molar-refractivity contribution in [2.24, 2.45) is 0 Å². The van der Waals surface area contributed by atoms with Gasteiger partial charge in [0.15, 0.2) is 5.95 Å². The Labute approximate surface area is 152 Å². The second kappa shape index (κ2) is 16.2. The highest BCUT2D eigenvalue weighted by Crippen LogP contribution is 2.08. The number of nitrogen functional groups attached to an aromatic ring is 1. The maximum atomic E-state index is 5.71. The summed E-state index contributed by atoms with van der Waals surface area (Å²) >= 11 is 0. The van der Waals surface area contributed by atoms with E-state index in [4.69, 9.17) is 5.73 Å². The second-order valence-corrected chi connectivity index (χ2v) is 3.90. The number of anilines is 1. The standard InChI is InChI=1S/C13H16N6.3C2H6/c1-3-5-12(6-4-2)19-10-11(16-17-19)9-18-8-7-15-13(18)14;3*1-2/h3-8,10H,1,9H2,2H3,(H2,14,15);3*1-2H3/b6-4-,12-5+;;;. The van der Waals surface area contributed by atoms with E-state index in [9.17, 15) is 0 Å². The van der Waals surface area contributed by atoms with E-state index < -0.39 is 0 Å². The first-order valence-corrected chi connectivity index (χ1v) is 8.88. The average molecular weight is 347 g/mol. The lowest BCUT2D eigenvalue weighted by Gasteiger charge is -2.00. The minimum absolute atomic E-state index is 0.463. The molecule has 0 unspecified atom stereocenters. The van der Waals surface area contributed by atoms with Crippen molar-refractivity contribution in [2.75, 3.05) is 5.73 Å². The Morgan fingerprint density at radius 2 is 1.84 bits per heavy atom. The van der Waals surface area contributed by atoms with Crippen LogP contribution in [0.2, 0.25) is 0 Å². The summed E-state index contributed by atoms with van der Waals surface area (Å²) in [7, 11) is 0. The quantitative estimate of drug-likeness (QED) is 0.790. The normalized spacial score (nSPS) is 9.96. The largest absolute Gasteiger partial charge is 0.369 e. The fourth-order valence-corrected chi connectivity index (χ4v) is 1.65. The molecule has 2 N–H and O–H groups in total. The van der Waals surface area contributed by atoms with Crippen LogP contribution in [0, 0.1) is 0 Å². The van der Waals surface area contributed by atoms with E-state index in [0.717, 1.165) is 11.4 Å². The summed E-state index contributed by atoms with van der Waals surface area (Å²) in [5, 5.41) is 8.21. The molecule has 0 aliphatic heterocycles. The molecule has 0 fully saturated rings. The first-order chi connectivity index (χ1) is 12.2. The molecule has 0 aliphatic rings. The molecule has 0 saturated carbocycles. The molecule has 0 bridgehead atoms. The van der Waals surface area contributed by atoms with Crippen molar-refractivity contribution in [2.45, 2.75) is 55.0 Å². The topological polar surface area (TPSA) is 74.5 Å². The van der Waals surface area contributed by atoms with Gasteiger partial charge in [-0.05, 0) is 19.1 Å². The van der Waals surface area contributed by atoms with E-state index in [1.54, 1.807) is 27.7 Å². The summed E-state index contributed by atoms with van der Waals surface area (Å²) in [6.45, 7) is 18.2. The van der Waals surface area contributed by atoms with Crippen molar-refractivity contribution in [1.82, 2.24) is 24.5 Å². The summed E-state index contributed by atoms with van der Waals surface area (Å²) in [6.07, 6.45) is 12.8. The number of hydrogen-bond acceptors (Lipinski definition) is 4. The lowest BCUT2D eigenvalue weighted by Crippen LogP contribution is -2.03. The molecule has 2 aromatic rings. The molecule has 2 rings (SSSR count). The predicted molar refractivity (Wildman–Crippen MR) is 109 cm³/mol. The lowest BCUT2D eigenvalue weighted by molar-refractivity contribution is 0.768. The highest BCUT2D eigenvalue weighted by atomic mass is 15.4. The van der Waals surface area contributed by atoms with Gasteiger partial charge in [0, 0.05) is 12.4 Å². The smallest absolute Gasteiger partial charge is 0.200 e. The molecule has 2 heterocycles. The first-order valence-electron chi connectivity index (χ1n) is 8.88. The first kappa shape index (κ1) is 24.6. The van der Waals surface area contributed by atoms with Gasteiger partial charge in [0.25, 0.3) is 0 Å². The van der Waals surface area contributed by atoms with Gasteiger partial charge in [-0.1, -0.05) is 65.5 Å². The van der Waals surface area contributed by atoms with Crippen molar-refractivity contribution >= 4 is 11.6 Å². The second-order valence-electron chi connectivity index (χ2n) is 3.90. The fraction of sp³-hybridized carbons (Fsp3) is 0.421. The van der Waals surface area contributed by atoms with Crippen LogP contribution in [-0.4, -0.2) is 24.5 Å². The molecule has 140 valence electrons. The van der Waals surface area contributed by atoms with Gasteiger partial charge < -0.3 is 10.3 Å². The lowest BCUT2D eigenvalue weighted by atomic mass is 10.3. The third-order valence-corrected chi connectivity index (χ3v) is 2.51. The Morgan fingerprint density at radius 1 is 1.20 bits per heavy atom. The molecular weight excluding hydrogens is 312 g/mol. The Balaban J connectivity index is 0. The minimum Gasteiger partial charge on any atom is -0.369 e. The number of rotatable bonds is 5. The van der Waals surface area contributed by atoms with Crippen molar-refractivity contribution in [3.63, 3.8) is 0 Å². The summed E-state index contributed by atoms with van der Waals surface area (Å²) in [6, 6.07) is 0. The molecule has 2 aromatic heterocycles. The zero-order chi connectivity index (χ0) is 19.7. The van der Waals surface area contributed by atoms with Crippen LogP contribution in [0.15, 0.2) is 49.5 Å². The van der Waals surface area contributed by atoms with Crippen LogP contribution in [0.4, 0.5) is 5.95 Å². The minimum atomic E-state index is 0.463. The molecule has 6 nitrogen and oxygen atoms in total. The van der Waals surface area contributed by atoms with E-state index in [-0.39, 0.29) is 0 Å².